The molecule has 2 N–H and O–H groups in total. The van der Waals surface area contributed by atoms with E-state index in [1.165, 1.54) is 0 Å². The van der Waals surface area contributed by atoms with Gasteiger partial charge in [-0.2, -0.15) is 0 Å². The van der Waals surface area contributed by atoms with Crippen LogP contribution in [0.3, 0.4) is 0 Å². The van der Waals surface area contributed by atoms with Crippen LogP contribution in [0.5, 0.6) is 0 Å². The van der Waals surface area contributed by atoms with E-state index in [0.717, 1.165) is 32.0 Å². The molecule has 1 atom stereocenters. The largest absolute Gasteiger partial charge is 0.358 e. The van der Waals surface area contributed by atoms with E-state index in [-0.39, 0.29) is 11.9 Å². The number of nitrogens with zero attached hydrogens (tertiary/aromatic N) is 3. The summed E-state index contributed by atoms with van der Waals surface area (Å²) in [5.74, 6) is 1.03. The van der Waals surface area contributed by atoms with E-state index in [9.17, 15) is 4.79 Å². The molecule has 0 saturated carbocycles. The topological polar surface area (TPSA) is 64.3 Å². The van der Waals surface area contributed by atoms with E-state index >= 15 is 0 Å². The molecule has 1 saturated heterocycles. The number of H-pyrrole nitrogens is 1. The first-order valence-electron chi connectivity index (χ1n) is 5.83. The minimum absolute atomic E-state index is 0.0660. The van der Waals surface area contributed by atoms with Crippen LogP contribution in [0.15, 0.2) is 12.4 Å². The van der Waals surface area contributed by atoms with Crippen molar-refractivity contribution < 1.29 is 4.79 Å². The summed E-state index contributed by atoms with van der Waals surface area (Å²) in [6.45, 7) is 3.38. The van der Waals surface area contributed by atoms with Gasteiger partial charge in [0.2, 0.25) is 5.91 Å². The Balaban J connectivity index is 1.95. The summed E-state index contributed by atoms with van der Waals surface area (Å²) in [4.78, 5) is 23.4. The number of carbonyl (C=O) groups is 1. The third-order valence-corrected chi connectivity index (χ3v) is 3.21. The molecule has 0 spiro atoms. The lowest BCUT2D eigenvalue weighted by atomic mass is 10.1. The molecule has 1 amide bonds. The van der Waals surface area contributed by atoms with Crippen LogP contribution in [0.2, 0.25) is 0 Å². The van der Waals surface area contributed by atoms with Gasteiger partial charge >= 0.3 is 0 Å². The van der Waals surface area contributed by atoms with Crippen molar-refractivity contribution in [2.75, 3.05) is 33.7 Å². The summed E-state index contributed by atoms with van der Waals surface area (Å²) in [5, 5.41) is 2.71. The first kappa shape index (κ1) is 12.1. The fourth-order valence-electron chi connectivity index (χ4n) is 2.12. The Labute approximate surface area is 101 Å². The van der Waals surface area contributed by atoms with E-state index in [0.29, 0.717) is 0 Å². The van der Waals surface area contributed by atoms with E-state index in [4.69, 9.17) is 0 Å². The minimum Gasteiger partial charge on any atom is -0.358 e. The molecule has 6 heteroatoms. The van der Waals surface area contributed by atoms with Gasteiger partial charge in [0.25, 0.3) is 0 Å². The molecule has 94 valence electrons. The number of imidazole rings is 1. The van der Waals surface area contributed by atoms with Crippen molar-refractivity contribution in [1.82, 2.24) is 25.1 Å². The van der Waals surface area contributed by atoms with Crippen LogP contribution in [0.1, 0.15) is 5.82 Å². The third-order valence-electron chi connectivity index (χ3n) is 3.21. The summed E-state index contributed by atoms with van der Waals surface area (Å²) in [6, 6.07) is -0.0660. The first-order valence-corrected chi connectivity index (χ1v) is 5.83. The predicted molar refractivity (Wildman–Crippen MR) is 64.3 cm³/mol. The highest BCUT2D eigenvalue weighted by Gasteiger charge is 2.29. The highest BCUT2D eigenvalue weighted by atomic mass is 16.2. The number of hydrogen-bond donors (Lipinski definition) is 2. The fraction of sp³-hybridized carbons (Fsp3) is 0.636. The summed E-state index contributed by atoms with van der Waals surface area (Å²) in [7, 11) is 3.67. The Kier molecular flexibility index (Phi) is 3.75. The third kappa shape index (κ3) is 2.83. The number of aromatic amines is 1. The molecule has 1 aromatic rings. The second-order valence-corrected chi connectivity index (χ2v) is 4.38. The van der Waals surface area contributed by atoms with Gasteiger partial charge in [0.15, 0.2) is 0 Å². The maximum absolute atomic E-state index is 11.7. The van der Waals surface area contributed by atoms with Gasteiger partial charge < -0.3 is 10.3 Å². The van der Waals surface area contributed by atoms with Gasteiger partial charge in [-0.15, -0.1) is 0 Å². The van der Waals surface area contributed by atoms with Gasteiger partial charge in [-0.1, -0.05) is 0 Å². The van der Waals surface area contributed by atoms with Crippen LogP contribution in [0.4, 0.5) is 0 Å². The Morgan fingerprint density at radius 3 is 3.12 bits per heavy atom. The van der Waals surface area contributed by atoms with Crippen molar-refractivity contribution in [3.8, 4) is 0 Å². The summed E-state index contributed by atoms with van der Waals surface area (Å²) < 4.78 is 0. The highest BCUT2D eigenvalue weighted by Crippen LogP contribution is 2.10. The van der Waals surface area contributed by atoms with Gasteiger partial charge in [0.05, 0.1) is 6.54 Å². The number of amides is 1. The number of piperazine rings is 1. The van der Waals surface area contributed by atoms with Crippen LogP contribution < -0.4 is 5.32 Å². The lowest BCUT2D eigenvalue weighted by Crippen LogP contribution is -2.56. The van der Waals surface area contributed by atoms with E-state index in [2.05, 4.69) is 25.1 Å². The van der Waals surface area contributed by atoms with Gasteiger partial charge in [0.1, 0.15) is 11.9 Å². The van der Waals surface area contributed by atoms with Crippen molar-refractivity contribution in [2.24, 2.45) is 0 Å². The van der Waals surface area contributed by atoms with Crippen LogP contribution >= 0.6 is 0 Å². The molecule has 6 nitrogen and oxygen atoms in total. The second-order valence-electron chi connectivity index (χ2n) is 4.38. The molecule has 2 rings (SSSR count). The SMILES string of the molecule is CNC(=O)C1CN(Cc2ncc[nH]2)CCN1C. The molecule has 1 unspecified atom stereocenters. The summed E-state index contributed by atoms with van der Waals surface area (Å²) >= 11 is 0. The Morgan fingerprint density at radius 1 is 1.65 bits per heavy atom. The lowest BCUT2D eigenvalue weighted by molar-refractivity contribution is -0.127. The molecular formula is C11H19N5O. The molecule has 2 heterocycles. The first-order chi connectivity index (χ1) is 8.20. The number of nitrogens with one attached hydrogen (secondary N) is 2. The van der Waals surface area contributed by atoms with E-state index in [1.807, 2.05) is 13.2 Å². The molecule has 1 fully saturated rings. The maximum atomic E-state index is 11.7. The normalized spacial score (nSPS) is 22.6. The van der Waals surface area contributed by atoms with Crippen LogP contribution in [0, 0.1) is 0 Å². The highest BCUT2D eigenvalue weighted by molar-refractivity contribution is 5.81. The predicted octanol–water partition coefficient (Wildman–Crippen LogP) is -0.728. The number of carbonyl (C=O) groups excluding carboxylic acids is 1. The summed E-state index contributed by atoms with van der Waals surface area (Å²) in [6.07, 6.45) is 3.57. The van der Waals surface area contributed by atoms with Crippen LogP contribution in [0.25, 0.3) is 0 Å². The number of hydrogen-bond acceptors (Lipinski definition) is 4. The molecule has 1 aliphatic rings. The van der Waals surface area contributed by atoms with Crippen molar-refractivity contribution in [3.05, 3.63) is 18.2 Å². The van der Waals surface area contributed by atoms with Crippen LogP contribution in [-0.2, 0) is 11.3 Å². The smallest absolute Gasteiger partial charge is 0.238 e. The van der Waals surface area contributed by atoms with E-state index < -0.39 is 0 Å². The maximum Gasteiger partial charge on any atom is 0.238 e. The zero-order chi connectivity index (χ0) is 12.3. The zero-order valence-corrected chi connectivity index (χ0v) is 10.3. The molecule has 0 aliphatic carbocycles. The Hall–Kier alpha value is -1.40. The molecule has 0 radical (unpaired) electrons. The van der Waals surface area contributed by atoms with Gasteiger partial charge in [-0.3, -0.25) is 14.6 Å². The van der Waals surface area contributed by atoms with Crippen molar-refractivity contribution >= 4 is 5.91 Å². The molecule has 0 aromatic carbocycles. The average molecular weight is 237 g/mol. The fourth-order valence-corrected chi connectivity index (χ4v) is 2.12. The minimum atomic E-state index is -0.0660. The molecular weight excluding hydrogens is 218 g/mol. The molecule has 1 aliphatic heterocycles. The van der Waals surface area contributed by atoms with Gasteiger partial charge in [-0.25, -0.2) is 4.98 Å². The number of aromatic nitrogens is 2. The van der Waals surface area contributed by atoms with E-state index in [1.54, 1.807) is 13.2 Å². The van der Waals surface area contributed by atoms with Crippen molar-refractivity contribution in [2.45, 2.75) is 12.6 Å². The quantitative estimate of drug-likeness (QED) is 0.727. The zero-order valence-electron chi connectivity index (χ0n) is 10.3. The second kappa shape index (κ2) is 5.29. The lowest BCUT2D eigenvalue weighted by Gasteiger charge is -2.37. The monoisotopic (exact) mass is 237 g/mol. The number of likely N-dealkylation sites (N-methyl/N-ethyl adjacent to an activating group) is 2. The standard InChI is InChI=1S/C11H19N5O/c1-12-11(17)9-7-16(6-5-15(9)2)8-10-13-3-4-14-10/h3-4,9H,5-8H2,1-2H3,(H,12,17)(H,13,14). The number of rotatable bonds is 3. The Morgan fingerprint density at radius 2 is 2.47 bits per heavy atom. The van der Waals surface area contributed by atoms with Gasteiger partial charge in [0, 0.05) is 39.1 Å². The van der Waals surface area contributed by atoms with Crippen molar-refractivity contribution in [1.29, 1.82) is 0 Å². The molecule has 17 heavy (non-hydrogen) atoms. The molecule has 1 aromatic heterocycles. The average Bonchev–Trinajstić information content (AvgIpc) is 2.83. The molecule has 0 bridgehead atoms. The van der Waals surface area contributed by atoms with Gasteiger partial charge in [-0.05, 0) is 7.05 Å². The summed E-state index contributed by atoms with van der Waals surface area (Å²) in [5.41, 5.74) is 0. The van der Waals surface area contributed by atoms with Crippen molar-refractivity contribution in [3.63, 3.8) is 0 Å². The van der Waals surface area contributed by atoms with Crippen LogP contribution in [-0.4, -0.2) is 65.4 Å². The Bertz CT molecular complexity index is 364.